The van der Waals surface area contributed by atoms with Crippen molar-refractivity contribution in [3.8, 4) is 0 Å². The molecule has 0 aromatic heterocycles. The first-order valence-electron chi connectivity index (χ1n) is 4.85. The van der Waals surface area contributed by atoms with Crippen LogP contribution < -0.4 is 5.32 Å². The normalized spacial score (nSPS) is 11.7. The Balaban J connectivity index is 3.21. The summed E-state index contributed by atoms with van der Waals surface area (Å²) in [7, 11) is 2.15. The van der Waals surface area contributed by atoms with Crippen LogP contribution in [-0.4, -0.2) is 38.1 Å². The molecule has 0 saturated heterocycles. The Labute approximate surface area is 76.6 Å². The molecule has 0 spiro atoms. The van der Waals surface area contributed by atoms with Gasteiger partial charge >= 0.3 is 0 Å². The molecular weight excluding hydrogens is 148 g/mol. The number of nitrogens with one attached hydrogen (secondary N) is 1. The number of hydrogen-bond donors (Lipinski definition) is 1. The molecule has 2 nitrogen and oxygen atoms in total. The Morgan fingerprint density at radius 2 is 2.00 bits per heavy atom. The van der Waals surface area contributed by atoms with Crippen molar-refractivity contribution < 1.29 is 0 Å². The smallest absolute Gasteiger partial charge is 0.0160 e. The van der Waals surface area contributed by atoms with Crippen LogP contribution in [0.25, 0.3) is 0 Å². The van der Waals surface area contributed by atoms with E-state index in [-0.39, 0.29) is 0 Å². The fraction of sp³-hybridized carbons (Fsp3) is 0.800. The molecule has 2 heteroatoms. The van der Waals surface area contributed by atoms with Gasteiger partial charge in [0.05, 0.1) is 0 Å². The minimum Gasteiger partial charge on any atom is -0.316 e. The third kappa shape index (κ3) is 7.76. The molecular formula is C10H22N2. The lowest BCUT2D eigenvalue weighted by atomic mass is 10.4. The second-order valence-corrected chi connectivity index (χ2v) is 3.00. The minimum atomic E-state index is 1.07. The predicted octanol–water partition coefficient (Wildman–Crippen LogP) is 1.49. The maximum absolute atomic E-state index is 3.30. The highest BCUT2D eigenvalue weighted by Crippen LogP contribution is 1.84. The first-order chi connectivity index (χ1) is 5.81. The van der Waals surface area contributed by atoms with Crippen molar-refractivity contribution in [2.24, 2.45) is 0 Å². The fourth-order valence-corrected chi connectivity index (χ4v) is 0.959. The lowest BCUT2D eigenvalue weighted by molar-refractivity contribution is 0.367. The third-order valence-corrected chi connectivity index (χ3v) is 1.74. The molecule has 0 aromatic carbocycles. The van der Waals surface area contributed by atoms with Gasteiger partial charge in [0.1, 0.15) is 0 Å². The molecule has 0 atom stereocenters. The van der Waals surface area contributed by atoms with Crippen LogP contribution in [0.3, 0.4) is 0 Å². The van der Waals surface area contributed by atoms with Gasteiger partial charge in [-0.2, -0.15) is 0 Å². The van der Waals surface area contributed by atoms with Gasteiger partial charge in [-0.05, 0) is 20.0 Å². The highest BCUT2D eigenvalue weighted by atomic mass is 15.1. The van der Waals surface area contributed by atoms with Crippen LogP contribution in [0.4, 0.5) is 0 Å². The van der Waals surface area contributed by atoms with Crippen molar-refractivity contribution in [1.29, 1.82) is 0 Å². The summed E-state index contributed by atoms with van der Waals surface area (Å²) in [6, 6.07) is 0. The number of allylic oxidation sites excluding steroid dienone is 1. The summed E-state index contributed by atoms with van der Waals surface area (Å²) >= 11 is 0. The molecule has 0 rings (SSSR count). The molecule has 0 aliphatic rings. The number of nitrogens with zero attached hydrogens (tertiary/aromatic N) is 1. The van der Waals surface area contributed by atoms with Crippen LogP contribution in [-0.2, 0) is 0 Å². The average Bonchev–Trinajstić information content (AvgIpc) is 2.06. The maximum Gasteiger partial charge on any atom is 0.0160 e. The predicted molar refractivity (Wildman–Crippen MR) is 55.5 cm³/mol. The summed E-state index contributed by atoms with van der Waals surface area (Å²) < 4.78 is 0. The van der Waals surface area contributed by atoms with Gasteiger partial charge in [-0.3, -0.25) is 0 Å². The van der Waals surface area contributed by atoms with E-state index in [9.17, 15) is 0 Å². The minimum absolute atomic E-state index is 1.07. The second-order valence-electron chi connectivity index (χ2n) is 3.00. The van der Waals surface area contributed by atoms with Crippen LogP contribution >= 0.6 is 0 Å². The third-order valence-electron chi connectivity index (χ3n) is 1.74. The molecule has 0 aromatic rings. The zero-order valence-electron chi connectivity index (χ0n) is 8.64. The Hall–Kier alpha value is -0.340. The van der Waals surface area contributed by atoms with E-state index in [0.717, 1.165) is 32.6 Å². The van der Waals surface area contributed by atoms with Crippen molar-refractivity contribution in [3.63, 3.8) is 0 Å². The van der Waals surface area contributed by atoms with Crippen molar-refractivity contribution in [3.05, 3.63) is 12.2 Å². The van der Waals surface area contributed by atoms with Gasteiger partial charge in [-0.1, -0.05) is 26.0 Å². The zero-order chi connectivity index (χ0) is 9.23. The Bertz CT molecular complexity index is 110. The molecule has 12 heavy (non-hydrogen) atoms. The average molecular weight is 170 g/mol. The highest BCUT2D eigenvalue weighted by Gasteiger charge is 1.92. The van der Waals surface area contributed by atoms with E-state index in [2.05, 4.69) is 43.3 Å². The van der Waals surface area contributed by atoms with Crippen molar-refractivity contribution in [2.75, 3.05) is 33.2 Å². The lowest BCUT2D eigenvalue weighted by Crippen LogP contribution is -2.29. The molecule has 0 heterocycles. The van der Waals surface area contributed by atoms with Gasteiger partial charge in [-0.15, -0.1) is 0 Å². The number of hydrogen-bond acceptors (Lipinski definition) is 2. The van der Waals surface area contributed by atoms with Gasteiger partial charge in [0, 0.05) is 19.6 Å². The Morgan fingerprint density at radius 1 is 1.25 bits per heavy atom. The van der Waals surface area contributed by atoms with Gasteiger partial charge in [0.2, 0.25) is 0 Å². The molecule has 72 valence electrons. The Morgan fingerprint density at radius 3 is 2.58 bits per heavy atom. The van der Waals surface area contributed by atoms with Crippen molar-refractivity contribution >= 4 is 0 Å². The number of likely N-dealkylation sites (N-methyl/N-ethyl adjacent to an activating group) is 2. The van der Waals surface area contributed by atoms with E-state index in [4.69, 9.17) is 0 Å². The van der Waals surface area contributed by atoms with Crippen LogP contribution in [0.15, 0.2) is 12.2 Å². The zero-order valence-corrected chi connectivity index (χ0v) is 8.64. The maximum atomic E-state index is 3.30. The van der Waals surface area contributed by atoms with Crippen LogP contribution in [0.5, 0.6) is 0 Å². The van der Waals surface area contributed by atoms with Crippen LogP contribution in [0, 0.1) is 0 Å². The monoisotopic (exact) mass is 170 g/mol. The van der Waals surface area contributed by atoms with Gasteiger partial charge in [-0.25, -0.2) is 0 Å². The highest BCUT2D eigenvalue weighted by molar-refractivity contribution is 4.82. The standard InChI is InChI=1S/C10H22N2/c1-4-6-7-9-12(3)10-8-11-5-2/h6-7,11H,4-5,8-10H2,1-3H3/b7-6+. The summed E-state index contributed by atoms with van der Waals surface area (Å²) in [5, 5.41) is 3.30. The summed E-state index contributed by atoms with van der Waals surface area (Å²) in [5.41, 5.74) is 0. The quantitative estimate of drug-likeness (QED) is 0.460. The van der Waals surface area contributed by atoms with E-state index < -0.39 is 0 Å². The van der Waals surface area contributed by atoms with Crippen LogP contribution in [0.2, 0.25) is 0 Å². The second kappa shape index (κ2) is 8.75. The first kappa shape index (κ1) is 11.7. The molecule has 0 amide bonds. The molecule has 0 bridgehead atoms. The molecule has 0 radical (unpaired) electrons. The number of rotatable bonds is 7. The van der Waals surface area contributed by atoms with Gasteiger partial charge in [0.15, 0.2) is 0 Å². The molecule has 0 aliphatic heterocycles. The summed E-state index contributed by atoms with van der Waals surface area (Å²) in [4.78, 5) is 2.31. The lowest BCUT2D eigenvalue weighted by Gasteiger charge is -2.13. The molecule has 0 fully saturated rings. The molecule has 1 N–H and O–H groups in total. The van der Waals surface area contributed by atoms with E-state index >= 15 is 0 Å². The van der Waals surface area contributed by atoms with E-state index in [1.807, 2.05) is 0 Å². The molecule has 0 saturated carbocycles. The summed E-state index contributed by atoms with van der Waals surface area (Å²) in [6.45, 7) is 8.65. The summed E-state index contributed by atoms with van der Waals surface area (Å²) in [5.74, 6) is 0. The molecule has 0 unspecified atom stereocenters. The van der Waals surface area contributed by atoms with E-state index in [1.54, 1.807) is 0 Å². The van der Waals surface area contributed by atoms with Gasteiger partial charge in [0.25, 0.3) is 0 Å². The first-order valence-corrected chi connectivity index (χ1v) is 4.85. The Kier molecular flexibility index (Phi) is 8.51. The summed E-state index contributed by atoms with van der Waals surface area (Å²) in [6.07, 6.45) is 5.58. The molecule has 0 aliphatic carbocycles. The van der Waals surface area contributed by atoms with Crippen molar-refractivity contribution in [1.82, 2.24) is 10.2 Å². The van der Waals surface area contributed by atoms with Crippen LogP contribution in [0.1, 0.15) is 20.3 Å². The van der Waals surface area contributed by atoms with Crippen molar-refractivity contribution in [2.45, 2.75) is 20.3 Å². The van der Waals surface area contributed by atoms with Gasteiger partial charge < -0.3 is 10.2 Å². The fourth-order valence-electron chi connectivity index (χ4n) is 0.959. The topological polar surface area (TPSA) is 15.3 Å². The van der Waals surface area contributed by atoms with E-state index in [0.29, 0.717) is 0 Å². The largest absolute Gasteiger partial charge is 0.316 e. The SMILES string of the molecule is CC/C=C/CN(C)CCNCC. The van der Waals surface area contributed by atoms with E-state index in [1.165, 1.54) is 0 Å².